The van der Waals surface area contributed by atoms with Gasteiger partial charge in [0.1, 0.15) is 5.82 Å². The van der Waals surface area contributed by atoms with E-state index in [1.165, 1.54) is 18.2 Å². The van der Waals surface area contributed by atoms with Crippen LogP contribution in [0.25, 0.3) is 0 Å². The van der Waals surface area contributed by atoms with Crippen LogP contribution in [0.1, 0.15) is 37.6 Å². The zero-order chi connectivity index (χ0) is 14.6. The minimum atomic E-state index is -0.652. The molecule has 3 nitrogen and oxygen atoms in total. The van der Waals surface area contributed by atoms with Gasteiger partial charge in [0, 0.05) is 6.54 Å². The molecule has 19 heavy (non-hydrogen) atoms. The topological polar surface area (TPSA) is 49.3 Å². The van der Waals surface area contributed by atoms with Gasteiger partial charge in [-0.2, -0.15) is 0 Å². The summed E-state index contributed by atoms with van der Waals surface area (Å²) in [5.41, 5.74) is -0.408. The Labute approximate surface area is 117 Å². The highest BCUT2D eigenvalue weighted by Crippen LogP contribution is 2.21. The molecule has 1 atom stereocenters. The number of benzene rings is 1. The smallest absolute Gasteiger partial charge is 0.255 e. The first-order valence-corrected chi connectivity index (χ1v) is 6.51. The lowest BCUT2D eigenvalue weighted by atomic mass is 9.87. The Hall–Kier alpha value is -1.13. The highest BCUT2D eigenvalue weighted by molar-refractivity contribution is 6.33. The molecular weight excluding hydrogens is 269 g/mol. The first-order valence-electron chi connectivity index (χ1n) is 6.13. The lowest BCUT2D eigenvalue weighted by Gasteiger charge is -2.25. The van der Waals surface area contributed by atoms with Crippen LogP contribution in [-0.2, 0) is 0 Å². The molecule has 1 rings (SSSR count). The van der Waals surface area contributed by atoms with E-state index in [1.807, 2.05) is 20.8 Å². The van der Waals surface area contributed by atoms with Crippen molar-refractivity contribution in [3.8, 4) is 0 Å². The van der Waals surface area contributed by atoms with Gasteiger partial charge < -0.3 is 10.4 Å². The fourth-order valence-electron chi connectivity index (χ4n) is 1.56. The van der Waals surface area contributed by atoms with Gasteiger partial charge in [0.2, 0.25) is 0 Å². The maximum atomic E-state index is 13.5. The average Bonchev–Trinajstić information content (AvgIpc) is 2.27. The number of nitrogens with one attached hydrogen (secondary N) is 1. The number of aliphatic hydroxyl groups excluding tert-OH is 1. The molecule has 1 aromatic rings. The van der Waals surface area contributed by atoms with Gasteiger partial charge in [0.25, 0.3) is 5.91 Å². The number of rotatable bonds is 4. The minimum absolute atomic E-state index is 0.0777. The van der Waals surface area contributed by atoms with Crippen molar-refractivity contribution in [3.05, 3.63) is 34.6 Å². The zero-order valence-electron chi connectivity index (χ0n) is 11.3. The molecule has 0 bridgehead atoms. The van der Waals surface area contributed by atoms with Gasteiger partial charge in [-0.05, 0) is 24.0 Å². The fraction of sp³-hybridized carbons (Fsp3) is 0.500. The molecule has 0 aromatic heterocycles. The molecule has 106 valence electrons. The van der Waals surface area contributed by atoms with E-state index < -0.39 is 17.8 Å². The van der Waals surface area contributed by atoms with Crippen molar-refractivity contribution in [3.63, 3.8) is 0 Å². The molecule has 0 saturated carbocycles. The highest BCUT2D eigenvalue weighted by atomic mass is 35.5. The molecule has 0 spiro atoms. The van der Waals surface area contributed by atoms with Crippen LogP contribution in [0.3, 0.4) is 0 Å². The average molecular weight is 288 g/mol. The van der Waals surface area contributed by atoms with Crippen LogP contribution in [0.15, 0.2) is 18.2 Å². The monoisotopic (exact) mass is 287 g/mol. The second-order valence-corrected chi connectivity index (χ2v) is 5.93. The molecule has 0 saturated heterocycles. The molecule has 2 N–H and O–H groups in total. The molecule has 1 unspecified atom stereocenters. The largest absolute Gasteiger partial charge is 0.393 e. The van der Waals surface area contributed by atoms with Crippen molar-refractivity contribution in [2.75, 3.05) is 6.54 Å². The van der Waals surface area contributed by atoms with E-state index in [9.17, 15) is 14.3 Å². The third kappa shape index (κ3) is 4.48. The Morgan fingerprint density at radius 2 is 2.11 bits per heavy atom. The zero-order valence-corrected chi connectivity index (χ0v) is 12.1. The predicted molar refractivity (Wildman–Crippen MR) is 73.8 cm³/mol. The molecule has 1 amide bonds. The van der Waals surface area contributed by atoms with Crippen LogP contribution < -0.4 is 5.32 Å². The van der Waals surface area contributed by atoms with Crippen molar-refractivity contribution in [1.29, 1.82) is 0 Å². The van der Waals surface area contributed by atoms with Crippen LogP contribution in [0.2, 0.25) is 5.02 Å². The van der Waals surface area contributed by atoms with E-state index in [0.717, 1.165) is 0 Å². The number of hydrogen-bond acceptors (Lipinski definition) is 2. The van der Waals surface area contributed by atoms with Gasteiger partial charge in [0.15, 0.2) is 0 Å². The molecule has 0 aliphatic rings. The first kappa shape index (κ1) is 15.9. The summed E-state index contributed by atoms with van der Waals surface area (Å²) < 4.78 is 13.5. The third-order valence-corrected chi connectivity index (χ3v) is 3.21. The van der Waals surface area contributed by atoms with Crippen molar-refractivity contribution in [2.45, 2.75) is 33.3 Å². The predicted octanol–water partition coefficient (Wildman–Crippen LogP) is 3.01. The van der Waals surface area contributed by atoms with Gasteiger partial charge in [-0.3, -0.25) is 4.79 Å². The van der Waals surface area contributed by atoms with Crippen LogP contribution in [0.5, 0.6) is 0 Å². The van der Waals surface area contributed by atoms with E-state index in [2.05, 4.69) is 5.32 Å². The second kappa shape index (κ2) is 6.35. The van der Waals surface area contributed by atoms with Crippen LogP contribution >= 0.6 is 11.6 Å². The van der Waals surface area contributed by atoms with E-state index >= 15 is 0 Å². The Morgan fingerprint density at radius 3 is 2.63 bits per heavy atom. The summed E-state index contributed by atoms with van der Waals surface area (Å²) >= 11 is 5.79. The summed E-state index contributed by atoms with van der Waals surface area (Å²) in [5, 5.41) is 12.5. The quantitative estimate of drug-likeness (QED) is 0.894. The number of carbonyl (C=O) groups excluding carboxylic acids is 1. The van der Waals surface area contributed by atoms with Gasteiger partial charge in [-0.15, -0.1) is 0 Å². The third-order valence-electron chi connectivity index (χ3n) is 2.89. The number of hydrogen-bond donors (Lipinski definition) is 2. The van der Waals surface area contributed by atoms with Gasteiger partial charge in [0.05, 0.1) is 16.7 Å². The molecule has 0 aliphatic carbocycles. The Kier molecular flexibility index (Phi) is 5.32. The van der Waals surface area contributed by atoms with Gasteiger partial charge in [-0.25, -0.2) is 4.39 Å². The number of halogens is 2. The molecule has 0 aliphatic heterocycles. The van der Waals surface area contributed by atoms with Gasteiger partial charge >= 0.3 is 0 Å². The van der Waals surface area contributed by atoms with Crippen LogP contribution in [0, 0.1) is 11.2 Å². The number of aliphatic hydroxyl groups is 1. The lowest BCUT2D eigenvalue weighted by Crippen LogP contribution is -2.33. The Morgan fingerprint density at radius 1 is 1.47 bits per heavy atom. The normalized spacial score (nSPS) is 13.2. The summed E-state index contributed by atoms with van der Waals surface area (Å²) in [7, 11) is 0. The first-order chi connectivity index (χ1) is 8.73. The number of amides is 1. The summed E-state index contributed by atoms with van der Waals surface area (Å²) in [5.74, 6) is -1.22. The summed E-state index contributed by atoms with van der Waals surface area (Å²) in [6.07, 6.45) is -0.134. The van der Waals surface area contributed by atoms with Crippen LogP contribution in [-0.4, -0.2) is 23.7 Å². The van der Waals surface area contributed by atoms with E-state index in [0.29, 0.717) is 6.42 Å². The molecule has 5 heteroatoms. The van der Waals surface area contributed by atoms with Crippen molar-refractivity contribution in [1.82, 2.24) is 5.32 Å². The standard InChI is InChI=1S/C14H19ClFNO2/c1-14(2,3)11(18)7-8-17-13(19)12-9(15)5-4-6-10(12)16/h4-6,11,18H,7-8H2,1-3H3,(H,17,19). The lowest BCUT2D eigenvalue weighted by molar-refractivity contribution is 0.0551. The maximum absolute atomic E-state index is 13.5. The SMILES string of the molecule is CC(C)(C)C(O)CCNC(=O)c1c(F)cccc1Cl. The summed E-state index contributed by atoms with van der Waals surface area (Å²) in [4.78, 5) is 11.8. The molecule has 0 fully saturated rings. The van der Waals surface area contributed by atoms with Crippen molar-refractivity contribution < 1.29 is 14.3 Å². The van der Waals surface area contributed by atoms with Crippen molar-refractivity contribution in [2.24, 2.45) is 5.41 Å². The molecular formula is C14H19ClFNO2. The van der Waals surface area contributed by atoms with E-state index in [4.69, 9.17) is 11.6 Å². The maximum Gasteiger partial charge on any atom is 0.255 e. The fourth-order valence-corrected chi connectivity index (χ4v) is 1.81. The van der Waals surface area contributed by atoms with Crippen LogP contribution in [0.4, 0.5) is 4.39 Å². The molecule has 1 aromatic carbocycles. The summed E-state index contributed by atoms with van der Waals surface area (Å²) in [6, 6.07) is 4.09. The number of carbonyl (C=O) groups is 1. The highest BCUT2D eigenvalue weighted by Gasteiger charge is 2.22. The van der Waals surface area contributed by atoms with E-state index in [1.54, 1.807) is 0 Å². The molecule has 0 radical (unpaired) electrons. The van der Waals surface area contributed by atoms with Crippen molar-refractivity contribution >= 4 is 17.5 Å². The minimum Gasteiger partial charge on any atom is -0.393 e. The Balaban J connectivity index is 2.58. The second-order valence-electron chi connectivity index (χ2n) is 5.52. The van der Waals surface area contributed by atoms with Gasteiger partial charge in [-0.1, -0.05) is 38.4 Å². The summed E-state index contributed by atoms with van der Waals surface area (Å²) in [6.45, 7) is 6.00. The molecule has 0 heterocycles. The Bertz CT molecular complexity index is 437. The van der Waals surface area contributed by atoms with E-state index in [-0.39, 0.29) is 22.5 Å².